The Morgan fingerprint density at radius 3 is 2.65 bits per heavy atom. The van der Waals surface area contributed by atoms with Gasteiger partial charge in [-0.3, -0.25) is 0 Å². The monoisotopic (exact) mass is 412 g/mol. The van der Waals surface area contributed by atoms with Crippen molar-refractivity contribution >= 4 is 34.1 Å². The Labute approximate surface area is 181 Å². The second-order valence-electron chi connectivity index (χ2n) is 8.38. The number of carbonyl (C=O) groups is 1. The van der Waals surface area contributed by atoms with E-state index in [1.165, 1.54) is 6.33 Å². The molecule has 5 rings (SSSR count). The zero-order valence-corrected chi connectivity index (χ0v) is 17.4. The summed E-state index contributed by atoms with van der Waals surface area (Å²) in [6.45, 7) is 3.76. The van der Waals surface area contributed by atoms with Crippen LogP contribution in [0.15, 0.2) is 48.8 Å². The van der Waals surface area contributed by atoms with Crippen LogP contribution in [0.2, 0.25) is 0 Å². The molecule has 31 heavy (non-hydrogen) atoms. The van der Waals surface area contributed by atoms with Crippen molar-refractivity contribution in [1.29, 1.82) is 0 Å². The molecule has 2 amide bonds. The third-order valence-electron chi connectivity index (χ3n) is 6.13. The fourth-order valence-electron chi connectivity index (χ4n) is 4.65. The molecule has 7 heteroatoms. The van der Waals surface area contributed by atoms with Gasteiger partial charge in [-0.2, -0.15) is 0 Å². The number of rotatable bonds is 3. The van der Waals surface area contributed by atoms with Crippen LogP contribution >= 0.6 is 0 Å². The van der Waals surface area contributed by atoms with Gasteiger partial charge in [0.15, 0.2) is 0 Å². The number of nitrogens with zero attached hydrogens (tertiary/aromatic N) is 4. The lowest BCUT2D eigenvalue weighted by atomic mass is 10.0. The van der Waals surface area contributed by atoms with Gasteiger partial charge in [-0.25, -0.2) is 14.8 Å². The Kier molecular flexibility index (Phi) is 4.92. The van der Waals surface area contributed by atoms with Crippen LogP contribution in [0.4, 0.5) is 22.0 Å². The number of aromatic nitrogens is 2. The van der Waals surface area contributed by atoms with Gasteiger partial charge in [0, 0.05) is 48.5 Å². The number of terminal acetylenes is 1. The van der Waals surface area contributed by atoms with Crippen molar-refractivity contribution < 1.29 is 4.79 Å². The summed E-state index contributed by atoms with van der Waals surface area (Å²) in [6.07, 6.45) is 7.03. The van der Waals surface area contributed by atoms with Gasteiger partial charge in [0.25, 0.3) is 0 Å². The van der Waals surface area contributed by atoms with Crippen molar-refractivity contribution in [3.63, 3.8) is 0 Å². The first-order valence-electron chi connectivity index (χ1n) is 10.4. The highest BCUT2D eigenvalue weighted by Crippen LogP contribution is 2.31. The Morgan fingerprint density at radius 1 is 1.06 bits per heavy atom. The average Bonchev–Trinajstić information content (AvgIpc) is 3.32. The van der Waals surface area contributed by atoms with Crippen molar-refractivity contribution in [3.8, 4) is 12.3 Å². The molecule has 7 nitrogen and oxygen atoms in total. The molecular weight excluding hydrogens is 388 g/mol. The van der Waals surface area contributed by atoms with E-state index < -0.39 is 0 Å². The molecule has 0 aliphatic carbocycles. The summed E-state index contributed by atoms with van der Waals surface area (Å²) in [7, 11) is 2.15. The van der Waals surface area contributed by atoms with Gasteiger partial charge in [0.1, 0.15) is 12.1 Å². The summed E-state index contributed by atoms with van der Waals surface area (Å²) >= 11 is 0. The zero-order valence-electron chi connectivity index (χ0n) is 17.4. The molecule has 2 aliphatic heterocycles. The third-order valence-corrected chi connectivity index (χ3v) is 6.13. The Balaban J connectivity index is 1.35. The molecule has 0 spiro atoms. The number of hydrogen-bond acceptors (Lipinski definition) is 5. The van der Waals surface area contributed by atoms with Crippen LogP contribution in [0.1, 0.15) is 5.56 Å². The normalized spacial score (nSPS) is 20.5. The lowest BCUT2D eigenvalue weighted by Crippen LogP contribution is -2.35. The average molecular weight is 412 g/mol. The number of nitrogens with one attached hydrogen (secondary N) is 2. The van der Waals surface area contributed by atoms with Crippen LogP contribution in [-0.4, -0.2) is 59.0 Å². The second-order valence-corrected chi connectivity index (χ2v) is 8.38. The predicted molar refractivity (Wildman–Crippen MR) is 122 cm³/mol. The topological polar surface area (TPSA) is 73.4 Å². The van der Waals surface area contributed by atoms with Crippen LogP contribution in [0.5, 0.6) is 0 Å². The molecule has 0 saturated carbocycles. The number of carbonyl (C=O) groups excluding carboxylic acids is 1. The van der Waals surface area contributed by atoms with Gasteiger partial charge in [-0.05, 0) is 55.3 Å². The first kappa shape index (κ1) is 19.3. The maximum absolute atomic E-state index is 12.8. The van der Waals surface area contributed by atoms with Crippen LogP contribution in [0.25, 0.3) is 10.9 Å². The summed E-state index contributed by atoms with van der Waals surface area (Å²) in [5.41, 5.74) is 3.15. The predicted octanol–water partition coefficient (Wildman–Crippen LogP) is 3.38. The first-order chi connectivity index (χ1) is 15.1. The minimum absolute atomic E-state index is 0.0514. The molecular formula is C24H24N6O. The molecule has 2 atom stereocenters. The van der Waals surface area contributed by atoms with Crippen LogP contribution in [-0.2, 0) is 0 Å². The number of fused-ring (bicyclic) bond motifs is 2. The van der Waals surface area contributed by atoms with Crippen molar-refractivity contribution in [1.82, 2.24) is 19.8 Å². The molecule has 2 unspecified atom stereocenters. The van der Waals surface area contributed by atoms with E-state index >= 15 is 0 Å². The maximum Gasteiger partial charge on any atom is 0.321 e. The minimum Gasteiger partial charge on any atom is -0.340 e. The van der Waals surface area contributed by atoms with Crippen molar-refractivity contribution in [3.05, 3.63) is 54.4 Å². The first-order valence-corrected chi connectivity index (χ1v) is 10.4. The molecule has 3 heterocycles. The highest BCUT2D eigenvalue weighted by Gasteiger charge is 2.40. The van der Waals surface area contributed by atoms with Gasteiger partial charge in [0.05, 0.1) is 5.52 Å². The highest BCUT2D eigenvalue weighted by molar-refractivity contribution is 5.96. The molecule has 156 valence electrons. The van der Waals surface area contributed by atoms with E-state index in [4.69, 9.17) is 6.42 Å². The SMILES string of the molecule is C#Cc1cccc(Nc2ncnc3ccc(NC(=O)N4CC5CN(C)CC5C4)cc23)c1. The van der Waals surface area contributed by atoms with Crippen LogP contribution in [0, 0.1) is 24.2 Å². The number of hydrogen-bond donors (Lipinski definition) is 2. The number of anilines is 3. The molecule has 2 N–H and O–H groups in total. The Bertz CT molecular complexity index is 1170. The fourth-order valence-corrected chi connectivity index (χ4v) is 4.65. The second kappa shape index (κ2) is 7.89. The maximum atomic E-state index is 12.8. The van der Waals surface area contributed by atoms with Gasteiger partial charge in [-0.1, -0.05) is 12.0 Å². The molecule has 1 aromatic heterocycles. The highest BCUT2D eigenvalue weighted by atomic mass is 16.2. The van der Waals surface area contributed by atoms with Gasteiger partial charge >= 0.3 is 6.03 Å². The summed E-state index contributed by atoms with van der Waals surface area (Å²) < 4.78 is 0. The van der Waals surface area contributed by atoms with E-state index in [1.807, 2.05) is 47.4 Å². The number of likely N-dealkylation sites (tertiary alicyclic amines) is 2. The third kappa shape index (κ3) is 3.90. The quantitative estimate of drug-likeness (QED) is 0.645. The van der Waals surface area contributed by atoms with Crippen molar-refractivity contribution in [2.24, 2.45) is 11.8 Å². The fraction of sp³-hybridized carbons (Fsp3) is 0.292. The van der Waals surface area contributed by atoms with E-state index in [0.717, 1.165) is 54.0 Å². The van der Waals surface area contributed by atoms with E-state index in [0.29, 0.717) is 17.7 Å². The Hall–Kier alpha value is -3.63. The van der Waals surface area contributed by atoms with Crippen molar-refractivity contribution in [2.45, 2.75) is 0 Å². The smallest absolute Gasteiger partial charge is 0.321 e. The largest absolute Gasteiger partial charge is 0.340 e. The van der Waals surface area contributed by atoms with Gasteiger partial charge < -0.3 is 20.4 Å². The number of urea groups is 1. The summed E-state index contributed by atoms with van der Waals surface area (Å²) in [5, 5.41) is 7.19. The molecule has 2 aliphatic rings. The summed E-state index contributed by atoms with van der Waals surface area (Å²) in [6, 6.07) is 13.2. The van der Waals surface area contributed by atoms with Gasteiger partial charge in [0.2, 0.25) is 0 Å². The van der Waals surface area contributed by atoms with Crippen LogP contribution in [0.3, 0.4) is 0 Å². The molecule has 3 aromatic rings. The van der Waals surface area contributed by atoms with Crippen molar-refractivity contribution in [2.75, 3.05) is 43.9 Å². The molecule has 2 fully saturated rings. The number of amides is 2. The molecule has 2 aromatic carbocycles. The summed E-state index contributed by atoms with van der Waals surface area (Å²) in [4.78, 5) is 25.9. The Morgan fingerprint density at radius 2 is 1.87 bits per heavy atom. The van der Waals surface area contributed by atoms with E-state index in [1.54, 1.807) is 0 Å². The standard InChI is InChI=1S/C24H24N6O/c1-3-16-5-4-6-19(9-16)27-23-21-10-20(7-8-22(21)25-15-26-23)28-24(31)30-13-17-11-29(2)12-18(17)14-30/h1,4-10,15,17-18H,11-14H2,2H3,(H,28,31)(H,25,26,27). The lowest BCUT2D eigenvalue weighted by Gasteiger charge is -2.20. The van der Waals surface area contributed by atoms with E-state index in [-0.39, 0.29) is 6.03 Å². The lowest BCUT2D eigenvalue weighted by molar-refractivity contribution is 0.215. The zero-order chi connectivity index (χ0) is 21.4. The molecule has 0 radical (unpaired) electrons. The van der Waals surface area contributed by atoms with Gasteiger partial charge in [-0.15, -0.1) is 6.42 Å². The van der Waals surface area contributed by atoms with E-state index in [9.17, 15) is 4.79 Å². The molecule has 0 bridgehead atoms. The molecule has 2 saturated heterocycles. The minimum atomic E-state index is -0.0514. The summed E-state index contributed by atoms with van der Waals surface area (Å²) in [5.74, 6) is 4.46. The number of benzene rings is 2. The van der Waals surface area contributed by atoms with Crippen LogP contribution < -0.4 is 10.6 Å². The van der Waals surface area contributed by atoms with E-state index in [2.05, 4.69) is 38.5 Å².